The molecule has 1 saturated heterocycles. The maximum absolute atomic E-state index is 4.56. The van der Waals surface area contributed by atoms with E-state index in [1.54, 1.807) is 22.2 Å². The van der Waals surface area contributed by atoms with Gasteiger partial charge < -0.3 is 5.32 Å². The van der Waals surface area contributed by atoms with Gasteiger partial charge in [-0.3, -0.25) is 0 Å². The number of fused-ring (bicyclic) bond motifs is 2. The van der Waals surface area contributed by atoms with E-state index in [1.165, 1.54) is 24.3 Å². The van der Waals surface area contributed by atoms with Crippen molar-refractivity contribution in [1.29, 1.82) is 0 Å². The molecule has 2 aliphatic rings. The molecule has 1 aliphatic heterocycles. The van der Waals surface area contributed by atoms with Gasteiger partial charge in [0.25, 0.3) is 0 Å². The Hall–Kier alpha value is -1.01. The van der Waals surface area contributed by atoms with Crippen LogP contribution in [0.4, 0.5) is 0 Å². The number of nitrogens with zero attached hydrogens (tertiary/aromatic N) is 4. The third-order valence-corrected chi connectivity index (χ3v) is 4.91. The van der Waals surface area contributed by atoms with Crippen LogP contribution in [0.1, 0.15) is 30.3 Å². The van der Waals surface area contributed by atoms with E-state index in [-0.39, 0.29) is 0 Å². The third-order valence-electron chi connectivity index (χ3n) is 3.91. The minimum atomic E-state index is 0.458. The molecule has 1 aliphatic carbocycles. The molecule has 3 unspecified atom stereocenters. The summed E-state index contributed by atoms with van der Waals surface area (Å²) in [5.41, 5.74) is 0. The van der Waals surface area contributed by atoms with E-state index >= 15 is 0 Å². The highest BCUT2D eigenvalue weighted by atomic mass is 32.1. The fourth-order valence-electron chi connectivity index (χ4n) is 3.16. The molecule has 3 heterocycles. The molecule has 0 aromatic carbocycles. The monoisotopic (exact) mass is 235 g/mol. The van der Waals surface area contributed by atoms with Gasteiger partial charge in [0.1, 0.15) is 11.3 Å². The molecule has 1 saturated carbocycles. The predicted molar refractivity (Wildman–Crippen MR) is 60.2 cm³/mol. The first-order chi connectivity index (χ1) is 7.92. The predicted octanol–water partition coefficient (Wildman–Crippen LogP) is 1.25. The third kappa shape index (κ3) is 1.17. The van der Waals surface area contributed by atoms with Crippen LogP contribution in [0.5, 0.6) is 0 Å². The first kappa shape index (κ1) is 9.07. The zero-order chi connectivity index (χ0) is 10.5. The lowest BCUT2D eigenvalue weighted by Crippen LogP contribution is -2.17. The highest BCUT2D eigenvalue weighted by molar-refractivity contribution is 7.16. The van der Waals surface area contributed by atoms with Gasteiger partial charge >= 0.3 is 0 Å². The Morgan fingerprint density at radius 2 is 2.44 bits per heavy atom. The molecular formula is C10H13N5S. The number of hydrogen-bond donors (Lipinski definition) is 1. The van der Waals surface area contributed by atoms with Crippen molar-refractivity contribution in [3.8, 4) is 0 Å². The lowest BCUT2D eigenvalue weighted by atomic mass is 9.94. The van der Waals surface area contributed by atoms with Gasteiger partial charge in [0.05, 0.1) is 6.04 Å². The zero-order valence-electron chi connectivity index (χ0n) is 8.83. The Balaban J connectivity index is 1.72. The minimum Gasteiger partial charge on any atom is -0.307 e. The largest absolute Gasteiger partial charge is 0.307 e. The fourth-order valence-corrected chi connectivity index (χ4v) is 4.13. The van der Waals surface area contributed by atoms with E-state index in [4.69, 9.17) is 0 Å². The van der Waals surface area contributed by atoms with Crippen LogP contribution >= 0.6 is 11.3 Å². The van der Waals surface area contributed by atoms with E-state index in [2.05, 4.69) is 20.6 Å². The SMILES string of the molecule is c1nnc2sc(C3NCC4CCCC43)nn12. The second-order valence-electron chi connectivity index (χ2n) is 4.74. The molecular weight excluding hydrogens is 222 g/mol. The maximum atomic E-state index is 4.56. The molecule has 4 rings (SSSR count). The molecule has 2 aromatic heterocycles. The molecule has 0 spiro atoms. The van der Waals surface area contributed by atoms with Gasteiger partial charge in [-0.15, -0.1) is 10.2 Å². The number of hydrogen-bond acceptors (Lipinski definition) is 5. The second-order valence-corrected chi connectivity index (χ2v) is 5.73. The summed E-state index contributed by atoms with van der Waals surface area (Å²) in [4.78, 5) is 0.901. The van der Waals surface area contributed by atoms with E-state index in [0.29, 0.717) is 6.04 Å². The maximum Gasteiger partial charge on any atom is 0.234 e. The van der Waals surface area contributed by atoms with E-state index in [9.17, 15) is 0 Å². The first-order valence-corrected chi connectivity index (χ1v) is 6.63. The summed E-state index contributed by atoms with van der Waals surface area (Å²) in [6, 6.07) is 0.458. The minimum absolute atomic E-state index is 0.458. The van der Waals surface area contributed by atoms with Crippen molar-refractivity contribution in [2.24, 2.45) is 11.8 Å². The highest BCUT2D eigenvalue weighted by Gasteiger charge is 2.41. The van der Waals surface area contributed by atoms with E-state index in [1.807, 2.05) is 0 Å². The topological polar surface area (TPSA) is 55.1 Å². The zero-order valence-corrected chi connectivity index (χ0v) is 9.65. The van der Waals surface area contributed by atoms with Crippen molar-refractivity contribution in [1.82, 2.24) is 25.1 Å². The van der Waals surface area contributed by atoms with Gasteiger partial charge in [-0.2, -0.15) is 9.61 Å². The Kier molecular flexibility index (Phi) is 1.84. The molecule has 2 fully saturated rings. The van der Waals surface area contributed by atoms with Crippen molar-refractivity contribution >= 4 is 16.3 Å². The van der Waals surface area contributed by atoms with Gasteiger partial charge in [0, 0.05) is 0 Å². The number of rotatable bonds is 1. The van der Waals surface area contributed by atoms with Crippen LogP contribution in [0.2, 0.25) is 0 Å². The molecule has 3 atom stereocenters. The summed E-state index contributed by atoms with van der Waals surface area (Å²) in [6.45, 7) is 1.16. The molecule has 0 bridgehead atoms. The van der Waals surface area contributed by atoms with Gasteiger partial charge in [-0.05, 0) is 31.2 Å². The molecule has 0 radical (unpaired) electrons. The summed E-state index contributed by atoms with van der Waals surface area (Å²) in [5.74, 6) is 1.67. The Morgan fingerprint density at radius 1 is 1.44 bits per heavy atom. The smallest absolute Gasteiger partial charge is 0.234 e. The summed E-state index contributed by atoms with van der Waals surface area (Å²) in [6.07, 6.45) is 5.80. The summed E-state index contributed by atoms with van der Waals surface area (Å²) >= 11 is 1.67. The number of aromatic nitrogens is 4. The van der Waals surface area contributed by atoms with Crippen LogP contribution in [0.3, 0.4) is 0 Å². The van der Waals surface area contributed by atoms with Crippen molar-refractivity contribution in [3.63, 3.8) is 0 Å². The van der Waals surface area contributed by atoms with Crippen LogP contribution in [-0.4, -0.2) is 26.4 Å². The quantitative estimate of drug-likeness (QED) is 0.808. The van der Waals surface area contributed by atoms with Gasteiger partial charge in [0.2, 0.25) is 4.96 Å². The van der Waals surface area contributed by atoms with Crippen molar-refractivity contribution in [2.75, 3.05) is 6.54 Å². The average Bonchev–Trinajstić information content (AvgIpc) is 2.95. The summed E-state index contributed by atoms with van der Waals surface area (Å²) in [7, 11) is 0. The van der Waals surface area contributed by atoms with Crippen LogP contribution in [-0.2, 0) is 0 Å². The Morgan fingerprint density at radius 3 is 3.38 bits per heavy atom. The Bertz CT molecular complexity index is 489. The van der Waals surface area contributed by atoms with Crippen molar-refractivity contribution < 1.29 is 0 Å². The van der Waals surface area contributed by atoms with Crippen LogP contribution in [0.25, 0.3) is 4.96 Å². The standard InChI is InChI=1S/C10H13N5S/c1-2-6-4-11-8(7(6)3-1)9-14-15-5-12-13-10(15)16-9/h5-8,11H,1-4H2. The van der Waals surface area contributed by atoms with E-state index in [0.717, 1.165) is 23.3 Å². The van der Waals surface area contributed by atoms with Gasteiger partial charge in [-0.1, -0.05) is 17.8 Å². The average molecular weight is 235 g/mol. The Labute approximate surface area is 96.9 Å². The highest BCUT2D eigenvalue weighted by Crippen LogP contribution is 2.44. The normalized spacial score (nSPS) is 33.6. The molecule has 5 nitrogen and oxygen atoms in total. The summed E-state index contributed by atoms with van der Waals surface area (Å²) in [5, 5.41) is 17.2. The molecule has 16 heavy (non-hydrogen) atoms. The fraction of sp³-hybridized carbons (Fsp3) is 0.700. The van der Waals surface area contributed by atoms with Crippen LogP contribution < -0.4 is 5.32 Å². The van der Waals surface area contributed by atoms with E-state index < -0.39 is 0 Å². The summed E-state index contributed by atoms with van der Waals surface area (Å²) < 4.78 is 1.78. The molecule has 1 N–H and O–H groups in total. The molecule has 2 aromatic rings. The van der Waals surface area contributed by atoms with Crippen LogP contribution in [0.15, 0.2) is 6.33 Å². The lowest BCUT2D eigenvalue weighted by Gasteiger charge is -2.14. The molecule has 0 amide bonds. The second kappa shape index (κ2) is 3.24. The van der Waals surface area contributed by atoms with Crippen LogP contribution in [0, 0.1) is 11.8 Å². The van der Waals surface area contributed by atoms with Gasteiger partial charge in [0.15, 0.2) is 0 Å². The van der Waals surface area contributed by atoms with Crippen molar-refractivity contribution in [3.05, 3.63) is 11.3 Å². The lowest BCUT2D eigenvalue weighted by molar-refractivity contribution is 0.418. The molecule has 6 heteroatoms. The number of nitrogens with one attached hydrogen (secondary N) is 1. The van der Waals surface area contributed by atoms with Gasteiger partial charge in [-0.25, -0.2) is 0 Å². The first-order valence-electron chi connectivity index (χ1n) is 5.82. The molecule has 84 valence electrons. The van der Waals surface area contributed by atoms with Crippen molar-refractivity contribution in [2.45, 2.75) is 25.3 Å².